The zero-order valence-corrected chi connectivity index (χ0v) is 8.33. The number of hydrogen-bond donors (Lipinski definition) is 1. The fourth-order valence-electron chi connectivity index (χ4n) is 1.08. The summed E-state index contributed by atoms with van der Waals surface area (Å²) >= 11 is 0. The predicted octanol–water partition coefficient (Wildman–Crippen LogP) is 1.18. The van der Waals surface area contributed by atoms with E-state index in [0.29, 0.717) is 13.0 Å². The van der Waals surface area contributed by atoms with Crippen LogP contribution in [0.3, 0.4) is 0 Å². The minimum atomic E-state index is 0.0343. The number of carbonyl (C=O) groups is 1. The van der Waals surface area contributed by atoms with Gasteiger partial charge in [0, 0.05) is 19.5 Å². The van der Waals surface area contributed by atoms with Crippen molar-refractivity contribution in [1.82, 2.24) is 4.90 Å². The van der Waals surface area contributed by atoms with Crippen molar-refractivity contribution in [3.63, 3.8) is 0 Å². The third kappa shape index (κ3) is 5.42. The zero-order valence-electron chi connectivity index (χ0n) is 8.33. The van der Waals surface area contributed by atoms with E-state index in [1.807, 2.05) is 0 Å². The molecule has 0 aromatic heterocycles. The Morgan fingerprint density at radius 2 is 2.23 bits per heavy atom. The third-order valence-corrected chi connectivity index (χ3v) is 1.82. The summed E-state index contributed by atoms with van der Waals surface area (Å²) in [4.78, 5) is 13.1. The molecule has 0 aromatic rings. The van der Waals surface area contributed by atoms with Gasteiger partial charge >= 0.3 is 0 Å². The Labute approximate surface area is 80.0 Å². The standard InChI is InChI=1S/C10H19NO2/c1-3-5-7-11(8-9-12)10(13)6-4-2/h4,12H,2-3,5-9H2,1H3. The van der Waals surface area contributed by atoms with Gasteiger partial charge in [0.1, 0.15) is 0 Å². The molecule has 13 heavy (non-hydrogen) atoms. The molecule has 0 aromatic carbocycles. The number of aliphatic hydroxyl groups is 1. The van der Waals surface area contributed by atoms with Crippen molar-refractivity contribution in [2.75, 3.05) is 19.7 Å². The molecule has 0 bridgehead atoms. The van der Waals surface area contributed by atoms with Crippen LogP contribution in [0.15, 0.2) is 12.7 Å². The lowest BCUT2D eigenvalue weighted by atomic mass is 10.3. The molecule has 76 valence electrons. The van der Waals surface area contributed by atoms with Crippen LogP contribution in [-0.2, 0) is 4.79 Å². The van der Waals surface area contributed by atoms with E-state index >= 15 is 0 Å². The summed E-state index contributed by atoms with van der Waals surface area (Å²) in [5, 5.41) is 8.73. The number of rotatable bonds is 7. The molecule has 0 aliphatic carbocycles. The first-order chi connectivity index (χ1) is 6.26. The van der Waals surface area contributed by atoms with Crippen molar-refractivity contribution >= 4 is 5.91 Å². The third-order valence-electron chi connectivity index (χ3n) is 1.82. The van der Waals surface area contributed by atoms with Gasteiger partial charge < -0.3 is 10.0 Å². The van der Waals surface area contributed by atoms with E-state index in [9.17, 15) is 4.79 Å². The minimum absolute atomic E-state index is 0.0343. The van der Waals surface area contributed by atoms with Crippen LogP contribution in [-0.4, -0.2) is 35.6 Å². The summed E-state index contributed by atoms with van der Waals surface area (Å²) < 4.78 is 0. The number of aliphatic hydroxyl groups excluding tert-OH is 1. The molecule has 0 heterocycles. The van der Waals surface area contributed by atoms with Gasteiger partial charge in [-0.3, -0.25) is 4.79 Å². The zero-order chi connectivity index (χ0) is 10.1. The number of nitrogens with zero attached hydrogens (tertiary/aromatic N) is 1. The molecule has 0 spiro atoms. The van der Waals surface area contributed by atoms with Crippen molar-refractivity contribution in [2.45, 2.75) is 26.2 Å². The molecule has 0 saturated heterocycles. The van der Waals surface area contributed by atoms with Crippen LogP contribution in [0.2, 0.25) is 0 Å². The molecule has 0 atom stereocenters. The molecular weight excluding hydrogens is 166 g/mol. The summed E-state index contributed by atoms with van der Waals surface area (Å²) in [6.45, 7) is 6.80. The molecule has 0 saturated carbocycles. The summed E-state index contributed by atoms with van der Waals surface area (Å²) in [5.41, 5.74) is 0. The average Bonchev–Trinajstić information content (AvgIpc) is 2.12. The van der Waals surface area contributed by atoms with Gasteiger partial charge in [-0.15, -0.1) is 6.58 Å². The first-order valence-electron chi connectivity index (χ1n) is 4.75. The fraction of sp³-hybridized carbons (Fsp3) is 0.700. The second-order valence-corrected chi connectivity index (χ2v) is 2.95. The lowest BCUT2D eigenvalue weighted by Gasteiger charge is -2.20. The first kappa shape index (κ1) is 12.2. The second-order valence-electron chi connectivity index (χ2n) is 2.95. The maximum atomic E-state index is 11.4. The maximum absolute atomic E-state index is 11.4. The second kappa shape index (κ2) is 7.80. The topological polar surface area (TPSA) is 40.5 Å². The van der Waals surface area contributed by atoms with Crippen LogP contribution in [0.5, 0.6) is 0 Å². The molecule has 1 N–H and O–H groups in total. The molecule has 1 amide bonds. The summed E-state index contributed by atoms with van der Waals surface area (Å²) in [6.07, 6.45) is 4.01. The van der Waals surface area contributed by atoms with E-state index in [-0.39, 0.29) is 12.5 Å². The number of hydrogen-bond acceptors (Lipinski definition) is 2. The maximum Gasteiger partial charge on any atom is 0.226 e. The van der Waals surface area contributed by atoms with E-state index in [4.69, 9.17) is 5.11 Å². The molecular formula is C10H19NO2. The Morgan fingerprint density at radius 1 is 1.54 bits per heavy atom. The van der Waals surface area contributed by atoms with Crippen molar-refractivity contribution in [1.29, 1.82) is 0 Å². The van der Waals surface area contributed by atoms with Gasteiger partial charge in [-0.1, -0.05) is 19.4 Å². The van der Waals surface area contributed by atoms with Crippen LogP contribution in [0.25, 0.3) is 0 Å². The summed E-state index contributed by atoms with van der Waals surface area (Å²) in [6, 6.07) is 0. The number of amides is 1. The van der Waals surface area contributed by atoms with Crippen molar-refractivity contribution in [2.24, 2.45) is 0 Å². The highest BCUT2D eigenvalue weighted by Crippen LogP contribution is 1.98. The normalized spacial score (nSPS) is 9.69. The molecule has 0 unspecified atom stereocenters. The smallest absolute Gasteiger partial charge is 0.226 e. The highest BCUT2D eigenvalue weighted by Gasteiger charge is 2.09. The Balaban J connectivity index is 3.90. The number of carbonyl (C=O) groups excluding carboxylic acids is 1. The van der Waals surface area contributed by atoms with Crippen LogP contribution < -0.4 is 0 Å². The Hall–Kier alpha value is -0.830. The van der Waals surface area contributed by atoms with Crippen molar-refractivity contribution in [3.05, 3.63) is 12.7 Å². The van der Waals surface area contributed by atoms with Crippen LogP contribution in [0, 0.1) is 0 Å². The Morgan fingerprint density at radius 3 is 2.69 bits per heavy atom. The molecule has 0 aliphatic heterocycles. The van der Waals surface area contributed by atoms with Gasteiger partial charge in [0.25, 0.3) is 0 Å². The Kier molecular flexibility index (Phi) is 7.30. The van der Waals surface area contributed by atoms with Crippen LogP contribution in [0.4, 0.5) is 0 Å². The molecule has 0 rings (SSSR count). The van der Waals surface area contributed by atoms with Crippen molar-refractivity contribution in [3.8, 4) is 0 Å². The monoisotopic (exact) mass is 185 g/mol. The lowest BCUT2D eigenvalue weighted by Crippen LogP contribution is -2.33. The molecule has 0 fully saturated rings. The van der Waals surface area contributed by atoms with Gasteiger partial charge in [0.05, 0.1) is 6.61 Å². The van der Waals surface area contributed by atoms with Crippen LogP contribution in [0.1, 0.15) is 26.2 Å². The number of unbranched alkanes of at least 4 members (excludes halogenated alkanes) is 1. The Bertz CT molecular complexity index is 157. The summed E-state index contributed by atoms with van der Waals surface area (Å²) in [5.74, 6) is 0.0532. The SMILES string of the molecule is C=CCC(=O)N(CCO)CCCC. The highest BCUT2D eigenvalue weighted by molar-refractivity contribution is 5.77. The molecule has 0 radical (unpaired) electrons. The van der Waals surface area contributed by atoms with Gasteiger partial charge in [-0.25, -0.2) is 0 Å². The van der Waals surface area contributed by atoms with E-state index in [0.717, 1.165) is 19.4 Å². The van der Waals surface area contributed by atoms with Gasteiger partial charge in [0.15, 0.2) is 0 Å². The minimum Gasteiger partial charge on any atom is -0.395 e. The van der Waals surface area contributed by atoms with Crippen LogP contribution >= 0.6 is 0 Å². The van der Waals surface area contributed by atoms with Gasteiger partial charge in [0.2, 0.25) is 5.91 Å². The van der Waals surface area contributed by atoms with E-state index < -0.39 is 0 Å². The van der Waals surface area contributed by atoms with E-state index in [1.165, 1.54) is 0 Å². The highest BCUT2D eigenvalue weighted by atomic mass is 16.3. The summed E-state index contributed by atoms with van der Waals surface area (Å²) in [7, 11) is 0. The van der Waals surface area contributed by atoms with Crippen molar-refractivity contribution < 1.29 is 9.90 Å². The average molecular weight is 185 g/mol. The van der Waals surface area contributed by atoms with Gasteiger partial charge in [-0.2, -0.15) is 0 Å². The lowest BCUT2D eigenvalue weighted by molar-refractivity contribution is -0.130. The molecule has 3 nitrogen and oxygen atoms in total. The molecule has 0 aliphatic rings. The fourth-order valence-corrected chi connectivity index (χ4v) is 1.08. The van der Waals surface area contributed by atoms with Gasteiger partial charge in [-0.05, 0) is 6.42 Å². The first-order valence-corrected chi connectivity index (χ1v) is 4.75. The molecule has 3 heteroatoms. The van der Waals surface area contributed by atoms with E-state index in [2.05, 4.69) is 13.5 Å². The van der Waals surface area contributed by atoms with E-state index in [1.54, 1.807) is 11.0 Å². The predicted molar refractivity (Wildman–Crippen MR) is 53.4 cm³/mol. The quantitative estimate of drug-likeness (QED) is 0.605. The largest absolute Gasteiger partial charge is 0.395 e.